The van der Waals surface area contributed by atoms with E-state index in [1.165, 1.54) is 13.2 Å². The number of rotatable bonds is 3. The lowest BCUT2D eigenvalue weighted by molar-refractivity contribution is 0.0596. The molecular formula is C16H23ClN2O4S. The molecule has 8 heteroatoms. The number of nitrogens with zero attached hydrogens (tertiary/aromatic N) is 1. The van der Waals surface area contributed by atoms with Crippen molar-refractivity contribution in [1.82, 2.24) is 9.62 Å². The molecule has 2 aliphatic heterocycles. The second kappa shape index (κ2) is 7.39. The van der Waals surface area contributed by atoms with Gasteiger partial charge in [0.2, 0.25) is 10.0 Å². The summed E-state index contributed by atoms with van der Waals surface area (Å²) < 4.78 is 32.9. The van der Waals surface area contributed by atoms with Crippen LogP contribution in [0.4, 0.5) is 0 Å². The minimum Gasteiger partial charge on any atom is -0.465 e. The molecule has 134 valence electrons. The molecule has 3 rings (SSSR count). The first kappa shape index (κ1) is 19.2. The van der Waals surface area contributed by atoms with Gasteiger partial charge in [-0.1, -0.05) is 11.6 Å². The van der Waals surface area contributed by atoms with E-state index in [0.717, 1.165) is 31.4 Å². The van der Waals surface area contributed by atoms with Crippen molar-refractivity contribution in [3.8, 4) is 0 Å². The van der Waals surface area contributed by atoms with Crippen molar-refractivity contribution >= 4 is 28.4 Å². The fourth-order valence-corrected chi connectivity index (χ4v) is 5.65. The lowest BCUT2D eigenvalue weighted by atomic mass is 10.1. The summed E-state index contributed by atoms with van der Waals surface area (Å²) in [6.07, 6.45) is 2.54. The number of hydrogen-bond acceptors (Lipinski definition) is 5. The van der Waals surface area contributed by atoms with Crippen molar-refractivity contribution in [2.24, 2.45) is 0 Å². The van der Waals surface area contributed by atoms with E-state index in [4.69, 9.17) is 4.74 Å². The van der Waals surface area contributed by atoms with Gasteiger partial charge in [0.1, 0.15) is 0 Å². The summed E-state index contributed by atoms with van der Waals surface area (Å²) in [5.74, 6) is -0.618. The van der Waals surface area contributed by atoms with Gasteiger partial charge in [0.05, 0.1) is 17.6 Å². The fraction of sp³-hybridized carbons (Fsp3) is 0.562. The molecule has 2 saturated heterocycles. The van der Waals surface area contributed by atoms with Gasteiger partial charge in [0.25, 0.3) is 0 Å². The number of esters is 1. The van der Waals surface area contributed by atoms with E-state index in [9.17, 15) is 13.2 Å². The van der Waals surface area contributed by atoms with Gasteiger partial charge in [0.15, 0.2) is 0 Å². The van der Waals surface area contributed by atoms with E-state index in [-0.39, 0.29) is 34.9 Å². The van der Waals surface area contributed by atoms with Crippen molar-refractivity contribution in [3.63, 3.8) is 0 Å². The molecule has 2 fully saturated rings. The number of carbonyl (C=O) groups excluding carboxylic acids is 1. The van der Waals surface area contributed by atoms with E-state index < -0.39 is 16.0 Å². The summed E-state index contributed by atoms with van der Waals surface area (Å²) in [6.45, 7) is 3.31. The van der Waals surface area contributed by atoms with Crippen LogP contribution in [0.15, 0.2) is 23.1 Å². The Labute approximate surface area is 149 Å². The summed E-state index contributed by atoms with van der Waals surface area (Å²) in [5.41, 5.74) is 0.939. The van der Waals surface area contributed by atoms with Gasteiger partial charge in [0, 0.05) is 18.6 Å². The summed E-state index contributed by atoms with van der Waals surface area (Å²) >= 11 is 0. The predicted molar refractivity (Wildman–Crippen MR) is 93.1 cm³/mol. The summed E-state index contributed by atoms with van der Waals surface area (Å²) in [5, 5.41) is 3.29. The molecule has 0 aliphatic carbocycles. The minimum absolute atomic E-state index is 0. The maximum atomic E-state index is 13.2. The quantitative estimate of drug-likeness (QED) is 0.815. The lowest BCUT2D eigenvalue weighted by Crippen LogP contribution is -2.42. The smallest absolute Gasteiger partial charge is 0.339 e. The molecule has 0 aromatic heterocycles. The van der Waals surface area contributed by atoms with Crippen LogP contribution in [0.5, 0.6) is 0 Å². The third-order valence-electron chi connectivity index (χ3n) is 4.68. The molecule has 2 unspecified atom stereocenters. The highest BCUT2D eigenvalue weighted by Crippen LogP contribution is 2.35. The Morgan fingerprint density at radius 2 is 1.96 bits per heavy atom. The molecule has 0 radical (unpaired) electrons. The van der Waals surface area contributed by atoms with Gasteiger partial charge >= 0.3 is 5.97 Å². The molecule has 0 saturated carbocycles. The van der Waals surface area contributed by atoms with Crippen LogP contribution in [-0.4, -0.2) is 51.0 Å². The van der Waals surface area contributed by atoms with Gasteiger partial charge in [-0.3, -0.25) is 0 Å². The normalized spacial score (nSPS) is 24.1. The Morgan fingerprint density at radius 1 is 1.25 bits per heavy atom. The van der Waals surface area contributed by atoms with Crippen LogP contribution in [0, 0.1) is 6.92 Å². The summed E-state index contributed by atoms with van der Waals surface area (Å²) in [4.78, 5) is 12.1. The second-order valence-electron chi connectivity index (χ2n) is 6.20. The van der Waals surface area contributed by atoms with Crippen molar-refractivity contribution < 1.29 is 17.9 Å². The van der Waals surface area contributed by atoms with Crippen LogP contribution >= 0.6 is 12.4 Å². The zero-order valence-electron chi connectivity index (χ0n) is 13.8. The molecule has 2 atom stereocenters. The molecule has 2 aliphatic rings. The first-order chi connectivity index (χ1) is 10.9. The van der Waals surface area contributed by atoms with Crippen molar-refractivity contribution in [1.29, 1.82) is 0 Å². The van der Waals surface area contributed by atoms with Crippen LogP contribution < -0.4 is 5.32 Å². The number of sulfonamides is 1. The molecule has 0 spiro atoms. The van der Waals surface area contributed by atoms with Gasteiger partial charge in [-0.2, -0.15) is 4.31 Å². The first-order valence-electron chi connectivity index (χ1n) is 7.88. The number of hydrogen-bond donors (Lipinski definition) is 1. The predicted octanol–water partition coefficient (Wildman–Crippen LogP) is 1.72. The maximum absolute atomic E-state index is 13.2. The average molecular weight is 375 g/mol. The van der Waals surface area contributed by atoms with E-state index in [0.29, 0.717) is 6.54 Å². The number of halogens is 1. The highest BCUT2D eigenvalue weighted by atomic mass is 35.5. The van der Waals surface area contributed by atoms with Gasteiger partial charge in [-0.15, -0.1) is 12.4 Å². The van der Waals surface area contributed by atoms with E-state index in [1.54, 1.807) is 16.4 Å². The number of fused-ring (bicyclic) bond motifs is 2. The number of methoxy groups -OCH3 is 1. The van der Waals surface area contributed by atoms with E-state index in [1.807, 2.05) is 6.92 Å². The Bertz CT molecular complexity index is 709. The van der Waals surface area contributed by atoms with E-state index in [2.05, 4.69) is 5.32 Å². The Morgan fingerprint density at radius 3 is 2.67 bits per heavy atom. The molecular weight excluding hydrogens is 352 g/mol. The largest absolute Gasteiger partial charge is 0.465 e. The molecule has 24 heavy (non-hydrogen) atoms. The lowest BCUT2D eigenvalue weighted by Gasteiger charge is -2.27. The third kappa shape index (κ3) is 3.31. The summed E-state index contributed by atoms with van der Waals surface area (Å²) in [6, 6.07) is 4.79. The highest BCUT2D eigenvalue weighted by molar-refractivity contribution is 7.89. The van der Waals surface area contributed by atoms with Crippen LogP contribution in [0.1, 0.15) is 35.2 Å². The summed E-state index contributed by atoms with van der Waals surface area (Å²) in [7, 11) is -2.47. The molecule has 1 aromatic carbocycles. The van der Waals surface area contributed by atoms with Gasteiger partial charge in [-0.25, -0.2) is 13.2 Å². The average Bonchev–Trinajstić information content (AvgIpc) is 2.79. The van der Waals surface area contributed by atoms with Crippen molar-refractivity contribution in [2.45, 2.75) is 43.2 Å². The molecule has 2 bridgehead atoms. The van der Waals surface area contributed by atoms with E-state index >= 15 is 0 Å². The fourth-order valence-electron chi connectivity index (χ4n) is 3.58. The Balaban J connectivity index is 0.00000208. The minimum atomic E-state index is -3.73. The zero-order chi connectivity index (χ0) is 16.6. The molecule has 1 aromatic rings. The Hall–Kier alpha value is -1.15. The highest BCUT2D eigenvalue weighted by Gasteiger charge is 2.44. The zero-order valence-corrected chi connectivity index (χ0v) is 15.5. The number of ether oxygens (including phenoxy) is 1. The second-order valence-corrected chi connectivity index (χ2v) is 8.02. The van der Waals surface area contributed by atoms with Crippen molar-refractivity contribution in [3.05, 3.63) is 29.3 Å². The number of benzene rings is 1. The number of carbonyl (C=O) groups is 1. The molecule has 1 N–H and O–H groups in total. The molecule has 0 amide bonds. The van der Waals surface area contributed by atoms with Crippen LogP contribution in [0.25, 0.3) is 0 Å². The van der Waals surface area contributed by atoms with Gasteiger partial charge in [-0.05, 0) is 44.9 Å². The van der Waals surface area contributed by atoms with Crippen LogP contribution in [-0.2, 0) is 14.8 Å². The SMILES string of the molecule is COC(=O)c1cc(C)ccc1S(=O)(=O)N1C2CCNCC1CC2.Cl. The van der Waals surface area contributed by atoms with Crippen molar-refractivity contribution in [2.75, 3.05) is 20.2 Å². The monoisotopic (exact) mass is 374 g/mol. The first-order valence-corrected chi connectivity index (χ1v) is 9.32. The number of nitrogens with one attached hydrogen (secondary N) is 1. The van der Waals surface area contributed by atoms with Crippen LogP contribution in [0.3, 0.4) is 0 Å². The molecule has 6 nitrogen and oxygen atoms in total. The van der Waals surface area contributed by atoms with Gasteiger partial charge < -0.3 is 10.1 Å². The Kier molecular flexibility index (Phi) is 5.91. The number of aryl methyl sites for hydroxylation is 1. The maximum Gasteiger partial charge on any atom is 0.339 e. The molecule has 2 heterocycles. The van der Waals surface area contributed by atoms with Crippen LogP contribution in [0.2, 0.25) is 0 Å². The third-order valence-corrected chi connectivity index (χ3v) is 6.75. The standard InChI is InChI=1S/C16H22N2O4S.ClH/c1-11-3-6-15(14(9-11)16(19)22-2)23(20,21)18-12-4-5-13(18)10-17-8-7-12;/h3,6,9,12-13,17H,4-5,7-8,10H2,1-2H3;1H. The topological polar surface area (TPSA) is 75.7 Å².